The number of ether oxygens (including phenoxy) is 2. The first-order valence-corrected chi connectivity index (χ1v) is 10.7. The van der Waals surface area contributed by atoms with Gasteiger partial charge in [-0.05, 0) is 31.4 Å². The van der Waals surface area contributed by atoms with Crippen LogP contribution in [-0.4, -0.2) is 60.6 Å². The second-order valence-electron chi connectivity index (χ2n) is 8.49. The average molecular weight is 447 g/mol. The molecule has 1 fully saturated rings. The minimum absolute atomic E-state index is 0.0157. The number of fused-ring (bicyclic) bond motifs is 1. The molecule has 1 aromatic carbocycles. The molecular formula is C22H29N3O7. The highest BCUT2D eigenvalue weighted by molar-refractivity contribution is 6.01. The lowest BCUT2D eigenvalue weighted by atomic mass is 10.0. The van der Waals surface area contributed by atoms with E-state index < -0.39 is 35.8 Å². The number of aliphatic carboxylic acids is 1. The van der Waals surface area contributed by atoms with Gasteiger partial charge in [0.15, 0.2) is 11.5 Å². The molecule has 1 saturated heterocycles. The number of hydrogen-bond acceptors (Lipinski definition) is 6. The van der Waals surface area contributed by atoms with E-state index in [-0.39, 0.29) is 24.8 Å². The molecule has 0 saturated carbocycles. The minimum Gasteiger partial charge on any atom is -0.486 e. The molecule has 0 aliphatic carbocycles. The summed E-state index contributed by atoms with van der Waals surface area (Å²) in [5.74, 6) is -1.72. The van der Waals surface area contributed by atoms with Gasteiger partial charge in [0.25, 0.3) is 0 Å². The molecule has 2 aliphatic heterocycles. The van der Waals surface area contributed by atoms with E-state index >= 15 is 0 Å². The molecule has 32 heavy (non-hydrogen) atoms. The van der Waals surface area contributed by atoms with E-state index in [1.165, 1.54) is 11.8 Å². The smallest absolute Gasteiger partial charge is 0.325 e. The van der Waals surface area contributed by atoms with Crippen molar-refractivity contribution >= 4 is 29.4 Å². The topological polar surface area (TPSA) is 134 Å². The van der Waals surface area contributed by atoms with E-state index in [0.717, 1.165) is 0 Å². The summed E-state index contributed by atoms with van der Waals surface area (Å²) in [6.07, 6.45) is 0.359. The van der Waals surface area contributed by atoms with Gasteiger partial charge >= 0.3 is 5.97 Å². The van der Waals surface area contributed by atoms with Crippen LogP contribution in [0.3, 0.4) is 0 Å². The van der Waals surface area contributed by atoms with E-state index in [4.69, 9.17) is 14.6 Å². The molecule has 174 valence electrons. The zero-order valence-electron chi connectivity index (χ0n) is 18.4. The summed E-state index contributed by atoms with van der Waals surface area (Å²) in [4.78, 5) is 50.6. The van der Waals surface area contributed by atoms with Gasteiger partial charge < -0.3 is 30.1 Å². The third-order valence-electron chi connectivity index (χ3n) is 5.40. The third kappa shape index (κ3) is 5.49. The van der Waals surface area contributed by atoms with Gasteiger partial charge in [-0.3, -0.25) is 19.2 Å². The Labute approximate surface area is 186 Å². The summed E-state index contributed by atoms with van der Waals surface area (Å²) in [6, 6.07) is 3.23. The van der Waals surface area contributed by atoms with Crippen molar-refractivity contribution in [3.8, 4) is 11.5 Å². The number of carboxylic acid groups (broad SMARTS) is 1. The number of hydrogen-bond donors (Lipinski definition) is 3. The van der Waals surface area contributed by atoms with Gasteiger partial charge in [-0.15, -0.1) is 0 Å². The number of anilines is 1. The highest BCUT2D eigenvalue weighted by Gasteiger charge is 2.37. The SMILES string of the molecule is CC(C)C[C@H](NC(=O)[C@H]1CC(=O)N(c2ccc3c(c2)OCCO3)C1)C(=O)N[C@@H](C)C(=O)O. The van der Waals surface area contributed by atoms with Crippen LogP contribution in [0.1, 0.15) is 33.6 Å². The van der Waals surface area contributed by atoms with Gasteiger partial charge in [0.05, 0.1) is 5.92 Å². The summed E-state index contributed by atoms with van der Waals surface area (Å²) >= 11 is 0. The highest BCUT2D eigenvalue weighted by Crippen LogP contribution is 2.36. The molecule has 3 amide bonds. The zero-order chi connectivity index (χ0) is 23.4. The first kappa shape index (κ1) is 23.4. The molecule has 3 atom stereocenters. The average Bonchev–Trinajstić information content (AvgIpc) is 3.14. The highest BCUT2D eigenvalue weighted by atomic mass is 16.6. The van der Waals surface area contributed by atoms with E-state index in [0.29, 0.717) is 36.8 Å². The molecule has 0 spiro atoms. The zero-order valence-corrected chi connectivity index (χ0v) is 18.4. The molecule has 0 aromatic heterocycles. The van der Waals surface area contributed by atoms with Gasteiger partial charge in [0, 0.05) is 24.7 Å². The summed E-state index contributed by atoms with van der Waals surface area (Å²) in [6.45, 7) is 6.22. The maximum Gasteiger partial charge on any atom is 0.325 e. The van der Waals surface area contributed by atoms with Crippen LogP contribution in [-0.2, 0) is 19.2 Å². The lowest BCUT2D eigenvalue weighted by Gasteiger charge is -2.23. The van der Waals surface area contributed by atoms with Gasteiger partial charge in [0.1, 0.15) is 25.3 Å². The van der Waals surface area contributed by atoms with Crippen LogP contribution >= 0.6 is 0 Å². The van der Waals surface area contributed by atoms with Gasteiger partial charge in [-0.25, -0.2) is 0 Å². The van der Waals surface area contributed by atoms with Crippen molar-refractivity contribution in [3.05, 3.63) is 18.2 Å². The molecule has 10 heteroatoms. The second-order valence-corrected chi connectivity index (χ2v) is 8.49. The summed E-state index contributed by atoms with van der Waals surface area (Å²) in [5, 5.41) is 14.1. The first-order chi connectivity index (χ1) is 15.2. The molecule has 3 rings (SSSR count). The van der Waals surface area contributed by atoms with E-state index in [1.54, 1.807) is 18.2 Å². The fourth-order valence-electron chi connectivity index (χ4n) is 3.70. The Bertz CT molecular complexity index is 902. The van der Waals surface area contributed by atoms with E-state index in [9.17, 15) is 19.2 Å². The van der Waals surface area contributed by atoms with Crippen molar-refractivity contribution < 1.29 is 33.8 Å². The Morgan fingerprint density at radius 2 is 1.81 bits per heavy atom. The van der Waals surface area contributed by atoms with Crippen LogP contribution in [0.2, 0.25) is 0 Å². The fourth-order valence-corrected chi connectivity index (χ4v) is 3.70. The first-order valence-electron chi connectivity index (χ1n) is 10.7. The van der Waals surface area contributed by atoms with E-state index in [2.05, 4.69) is 10.6 Å². The van der Waals surface area contributed by atoms with Crippen LogP contribution in [0, 0.1) is 11.8 Å². The van der Waals surface area contributed by atoms with Crippen molar-refractivity contribution in [2.75, 3.05) is 24.7 Å². The van der Waals surface area contributed by atoms with Crippen molar-refractivity contribution in [3.63, 3.8) is 0 Å². The Morgan fingerprint density at radius 3 is 2.47 bits per heavy atom. The minimum atomic E-state index is -1.16. The second kappa shape index (κ2) is 9.88. The maximum atomic E-state index is 12.9. The normalized spacial score (nSPS) is 19.4. The van der Waals surface area contributed by atoms with Gasteiger partial charge in [0.2, 0.25) is 17.7 Å². The van der Waals surface area contributed by atoms with Crippen molar-refractivity contribution in [1.29, 1.82) is 0 Å². The third-order valence-corrected chi connectivity index (χ3v) is 5.40. The Balaban J connectivity index is 1.66. The van der Waals surface area contributed by atoms with Crippen LogP contribution in [0.5, 0.6) is 11.5 Å². The molecule has 0 unspecified atom stereocenters. The standard InChI is InChI=1S/C22H29N3O7/c1-12(2)8-16(21(28)23-13(3)22(29)30)24-20(27)14-9-19(26)25(11-14)15-4-5-17-18(10-15)32-7-6-31-17/h4-5,10,12-14,16H,6-9,11H2,1-3H3,(H,23,28)(H,24,27)(H,29,30)/t13-,14-,16-/m0/s1. The van der Waals surface area contributed by atoms with Crippen LogP contribution in [0.15, 0.2) is 18.2 Å². The monoisotopic (exact) mass is 447 g/mol. The molecule has 3 N–H and O–H groups in total. The van der Waals surface area contributed by atoms with Crippen molar-refractivity contribution in [2.45, 2.75) is 45.7 Å². The van der Waals surface area contributed by atoms with Crippen LogP contribution < -0.4 is 25.0 Å². The molecule has 2 heterocycles. The van der Waals surface area contributed by atoms with Crippen LogP contribution in [0.25, 0.3) is 0 Å². The Hall–Kier alpha value is -3.30. The Kier molecular flexibility index (Phi) is 7.22. The number of benzene rings is 1. The molecular weight excluding hydrogens is 418 g/mol. The predicted octanol–water partition coefficient (Wildman–Crippen LogP) is 0.931. The summed E-state index contributed by atoms with van der Waals surface area (Å²) in [7, 11) is 0. The number of carbonyl (C=O) groups is 4. The maximum absolute atomic E-state index is 12.9. The number of nitrogens with zero attached hydrogens (tertiary/aromatic N) is 1. The molecule has 2 aliphatic rings. The lowest BCUT2D eigenvalue weighted by Crippen LogP contribution is -2.52. The number of nitrogens with one attached hydrogen (secondary N) is 2. The molecule has 10 nitrogen and oxygen atoms in total. The fraction of sp³-hybridized carbons (Fsp3) is 0.545. The van der Waals surface area contributed by atoms with Crippen molar-refractivity contribution in [1.82, 2.24) is 10.6 Å². The van der Waals surface area contributed by atoms with Crippen LogP contribution in [0.4, 0.5) is 5.69 Å². The lowest BCUT2D eigenvalue weighted by molar-refractivity contribution is -0.141. The van der Waals surface area contributed by atoms with Gasteiger partial charge in [-0.1, -0.05) is 13.8 Å². The molecule has 0 bridgehead atoms. The summed E-state index contributed by atoms with van der Waals surface area (Å²) < 4.78 is 11.1. The Morgan fingerprint density at radius 1 is 1.12 bits per heavy atom. The number of carbonyl (C=O) groups excluding carboxylic acids is 3. The molecule has 0 radical (unpaired) electrons. The number of carboxylic acids is 1. The number of rotatable bonds is 8. The predicted molar refractivity (Wildman–Crippen MR) is 115 cm³/mol. The quantitative estimate of drug-likeness (QED) is 0.540. The summed E-state index contributed by atoms with van der Waals surface area (Å²) in [5.41, 5.74) is 0.612. The van der Waals surface area contributed by atoms with E-state index in [1.807, 2.05) is 13.8 Å². The number of amides is 3. The van der Waals surface area contributed by atoms with Gasteiger partial charge in [-0.2, -0.15) is 0 Å². The largest absolute Gasteiger partial charge is 0.486 e. The van der Waals surface area contributed by atoms with Crippen molar-refractivity contribution in [2.24, 2.45) is 11.8 Å². The molecule has 1 aromatic rings.